The van der Waals surface area contributed by atoms with E-state index in [0.29, 0.717) is 0 Å². The largest absolute Gasteiger partial charge is 0.368 e. The molecule has 2 nitrogen and oxygen atoms in total. The quantitative estimate of drug-likeness (QED) is 0.214. The summed E-state index contributed by atoms with van der Waals surface area (Å²) in [5, 5.41) is 11.9. The highest BCUT2D eigenvalue weighted by atomic mass is 32.2. The Labute approximate surface area is 268 Å². The van der Waals surface area contributed by atoms with Crippen LogP contribution in [0.3, 0.4) is 0 Å². The van der Waals surface area contributed by atoms with Crippen molar-refractivity contribution in [1.29, 1.82) is 0 Å². The van der Waals surface area contributed by atoms with Gasteiger partial charge in [-0.25, -0.2) is 0 Å². The molecule has 45 heavy (non-hydrogen) atoms. The van der Waals surface area contributed by atoms with Gasteiger partial charge < -0.3 is 9.88 Å². The maximum atomic E-state index is 3.91. The van der Waals surface area contributed by atoms with Crippen LogP contribution in [0.15, 0.2) is 150 Å². The molecule has 0 aliphatic carbocycles. The van der Waals surface area contributed by atoms with E-state index >= 15 is 0 Å². The molecule has 3 heterocycles. The molecule has 1 aliphatic rings. The number of thioether (sulfide) groups is 1. The van der Waals surface area contributed by atoms with Gasteiger partial charge in [-0.05, 0) is 76.0 Å². The van der Waals surface area contributed by atoms with Gasteiger partial charge >= 0.3 is 0 Å². The first-order valence-electron chi connectivity index (χ1n) is 15.3. The van der Waals surface area contributed by atoms with Gasteiger partial charge in [0.1, 0.15) is 5.37 Å². The van der Waals surface area contributed by atoms with Gasteiger partial charge in [-0.2, -0.15) is 0 Å². The van der Waals surface area contributed by atoms with Crippen LogP contribution in [0.2, 0.25) is 0 Å². The summed E-state index contributed by atoms with van der Waals surface area (Å²) in [5.74, 6) is 0. The summed E-state index contributed by atoms with van der Waals surface area (Å²) < 4.78 is 5.07. The molecule has 9 aromatic rings. The van der Waals surface area contributed by atoms with Crippen LogP contribution in [0.4, 0.5) is 5.69 Å². The van der Waals surface area contributed by atoms with Crippen LogP contribution in [0, 0.1) is 0 Å². The average Bonchev–Trinajstić information content (AvgIpc) is 3.79. The second-order valence-electron chi connectivity index (χ2n) is 11.8. The first kappa shape index (κ1) is 25.3. The van der Waals surface area contributed by atoms with Gasteiger partial charge in [-0.1, -0.05) is 109 Å². The van der Waals surface area contributed by atoms with Gasteiger partial charge in [0.25, 0.3) is 0 Å². The number of hydrogen-bond acceptors (Lipinski definition) is 3. The van der Waals surface area contributed by atoms with Crippen LogP contribution in [0.1, 0.15) is 10.9 Å². The minimum atomic E-state index is 0.167. The Morgan fingerprint density at radius 1 is 0.533 bits per heavy atom. The Morgan fingerprint density at radius 2 is 1.31 bits per heavy atom. The molecule has 0 saturated heterocycles. The van der Waals surface area contributed by atoms with E-state index in [9.17, 15) is 0 Å². The SMILES string of the molecule is c1ccc(-c2ccc3c(c2)sc2ccc4c(c23)NC(c2ccc(-n3c5ccccc5c5cc6ccccc6cc53)cc2)S4)cc1. The predicted octanol–water partition coefficient (Wildman–Crippen LogP) is 12.2. The average molecular weight is 611 g/mol. The van der Waals surface area contributed by atoms with Gasteiger partial charge in [-0.3, -0.25) is 0 Å². The molecule has 0 spiro atoms. The van der Waals surface area contributed by atoms with Crippen molar-refractivity contribution in [3.63, 3.8) is 0 Å². The molecular formula is C41H26N2S2. The topological polar surface area (TPSA) is 17.0 Å². The number of rotatable bonds is 3. The second-order valence-corrected chi connectivity index (χ2v) is 14.0. The summed E-state index contributed by atoms with van der Waals surface area (Å²) in [7, 11) is 0. The van der Waals surface area contributed by atoms with Gasteiger partial charge in [0.15, 0.2) is 0 Å². The first-order chi connectivity index (χ1) is 22.3. The van der Waals surface area contributed by atoms with Crippen molar-refractivity contribution in [3.8, 4) is 16.8 Å². The Morgan fingerprint density at radius 3 is 2.18 bits per heavy atom. The Balaban J connectivity index is 1.03. The van der Waals surface area contributed by atoms with E-state index in [1.165, 1.54) is 85.7 Å². The number of thiophene rings is 1. The highest BCUT2D eigenvalue weighted by molar-refractivity contribution is 8.00. The number of aromatic nitrogens is 1. The fraction of sp³-hybridized carbons (Fsp3) is 0.0244. The highest BCUT2D eigenvalue weighted by Gasteiger charge is 2.26. The van der Waals surface area contributed by atoms with E-state index in [-0.39, 0.29) is 5.37 Å². The molecule has 212 valence electrons. The van der Waals surface area contributed by atoms with Crippen molar-refractivity contribution in [2.45, 2.75) is 10.3 Å². The van der Waals surface area contributed by atoms with Gasteiger partial charge in [0, 0.05) is 41.5 Å². The molecule has 0 bridgehead atoms. The van der Waals surface area contributed by atoms with Crippen molar-refractivity contribution >= 4 is 81.5 Å². The summed E-state index contributed by atoms with van der Waals surface area (Å²) in [6.45, 7) is 0. The maximum absolute atomic E-state index is 3.91. The molecule has 7 aromatic carbocycles. The van der Waals surface area contributed by atoms with Crippen molar-refractivity contribution < 1.29 is 0 Å². The monoisotopic (exact) mass is 610 g/mol. The normalized spacial score (nSPS) is 14.5. The molecular weight excluding hydrogens is 585 g/mol. The zero-order valence-corrected chi connectivity index (χ0v) is 25.8. The number of hydrogen-bond donors (Lipinski definition) is 1. The highest BCUT2D eigenvalue weighted by Crippen LogP contribution is 2.52. The van der Waals surface area contributed by atoms with E-state index in [1.807, 2.05) is 23.1 Å². The second kappa shape index (κ2) is 9.73. The van der Waals surface area contributed by atoms with Crippen molar-refractivity contribution in [1.82, 2.24) is 4.57 Å². The number of nitrogens with zero attached hydrogens (tertiary/aromatic N) is 1. The lowest BCUT2D eigenvalue weighted by Crippen LogP contribution is -2.02. The van der Waals surface area contributed by atoms with Crippen LogP contribution in [-0.2, 0) is 0 Å². The molecule has 1 unspecified atom stereocenters. The lowest BCUT2D eigenvalue weighted by Gasteiger charge is -2.14. The van der Waals surface area contributed by atoms with Gasteiger partial charge in [0.05, 0.1) is 16.7 Å². The summed E-state index contributed by atoms with van der Waals surface area (Å²) in [6, 6.07) is 53.4. The molecule has 0 radical (unpaired) electrons. The van der Waals surface area contributed by atoms with Crippen LogP contribution < -0.4 is 5.32 Å². The molecule has 10 rings (SSSR count). The fourth-order valence-electron chi connectivity index (χ4n) is 7.07. The Bertz CT molecular complexity index is 2590. The van der Waals surface area contributed by atoms with E-state index in [2.05, 4.69) is 155 Å². The smallest absolute Gasteiger partial charge is 0.103 e. The van der Waals surface area contributed by atoms with Crippen LogP contribution in [-0.4, -0.2) is 4.57 Å². The van der Waals surface area contributed by atoms with Crippen molar-refractivity contribution in [2.24, 2.45) is 0 Å². The number of nitrogens with one attached hydrogen (secondary N) is 1. The molecule has 1 aliphatic heterocycles. The minimum absolute atomic E-state index is 0.167. The van der Waals surface area contributed by atoms with Gasteiger partial charge in [-0.15, -0.1) is 11.3 Å². The molecule has 4 heteroatoms. The van der Waals surface area contributed by atoms with E-state index in [1.54, 1.807) is 0 Å². The van der Waals surface area contributed by atoms with Crippen molar-refractivity contribution in [2.75, 3.05) is 5.32 Å². The molecule has 1 N–H and O–H groups in total. The van der Waals surface area contributed by atoms with E-state index in [0.717, 1.165) is 0 Å². The van der Waals surface area contributed by atoms with Crippen LogP contribution in [0.25, 0.3) is 69.6 Å². The van der Waals surface area contributed by atoms with Gasteiger partial charge in [0.2, 0.25) is 0 Å². The van der Waals surface area contributed by atoms with E-state index in [4.69, 9.17) is 0 Å². The first-order valence-corrected chi connectivity index (χ1v) is 17.0. The summed E-state index contributed by atoms with van der Waals surface area (Å²) in [4.78, 5) is 1.32. The third-order valence-electron chi connectivity index (χ3n) is 9.22. The summed E-state index contributed by atoms with van der Waals surface area (Å²) >= 11 is 3.80. The zero-order chi connectivity index (χ0) is 29.5. The van der Waals surface area contributed by atoms with E-state index < -0.39 is 0 Å². The molecule has 0 saturated carbocycles. The number of fused-ring (bicyclic) bond motifs is 9. The third-order valence-corrected chi connectivity index (χ3v) is 11.6. The van der Waals surface area contributed by atoms with Crippen LogP contribution in [0.5, 0.6) is 0 Å². The summed E-state index contributed by atoms with van der Waals surface area (Å²) in [5.41, 5.74) is 8.73. The van der Waals surface area contributed by atoms with Crippen molar-refractivity contribution in [3.05, 3.63) is 151 Å². The lowest BCUT2D eigenvalue weighted by molar-refractivity contribution is 1.12. The number of benzene rings is 7. The maximum Gasteiger partial charge on any atom is 0.103 e. The Kier molecular flexibility index (Phi) is 5.48. The fourth-order valence-corrected chi connectivity index (χ4v) is 9.37. The molecule has 1 atom stereocenters. The number of para-hydroxylation sites is 1. The molecule has 0 amide bonds. The zero-order valence-electron chi connectivity index (χ0n) is 24.2. The Hall–Kier alpha value is -5.03. The predicted molar refractivity (Wildman–Crippen MR) is 195 cm³/mol. The molecule has 2 aromatic heterocycles. The minimum Gasteiger partial charge on any atom is -0.368 e. The van der Waals surface area contributed by atoms with Crippen LogP contribution >= 0.6 is 23.1 Å². The summed E-state index contributed by atoms with van der Waals surface area (Å²) in [6.07, 6.45) is 0. The number of anilines is 1. The standard InChI is InChI=1S/C41H26N2S2/c1-2-8-25(9-3-1)29-16-19-32-38(24-29)44-36-20-21-37-40(39(32)36)42-41(45-37)26-14-17-30(18-15-26)43-34-13-7-6-12-31(34)33-22-27-10-4-5-11-28(27)23-35(33)43/h1-24,41-42H. The lowest BCUT2D eigenvalue weighted by atomic mass is 10.0. The third kappa shape index (κ3) is 3.89. The molecule has 0 fully saturated rings.